The average molecular weight is 286 g/mol. The van der Waals surface area contributed by atoms with Crippen molar-refractivity contribution in [2.45, 2.75) is 38.5 Å². The van der Waals surface area contributed by atoms with Gasteiger partial charge >= 0.3 is 0 Å². The van der Waals surface area contributed by atoms with Crippen LogP contribution >= 0.6 is 0 Å². The summed E-state index contributed by atoms with van der Waals surface area (Å²) in [5.41, 5.74) is 2.93. The summed E-state index contributed by atoms with van der Waals surface area (Å²) >= 11 is 0. The lowest BCUT2D eigenvalue weighted by Crippen LogP contribution is -2.31. The van der Waals surface area contributed by atoms with Crippen molar-refractivity contribution in [1.29, 1.82) is 0 Å². The molecular weight excluding hydrogens is 260 g/mol. The maximum absolute atomic E-state index is 12.0. The summed E-state index contributed by atoms with van der Waals surface area (Å²) in [5.74, 6) is 1.57. The highest BCUT2D eigenvalue weighted by molar-refractivity contribution is 5.75. The summed E-state index contributed by atoms with van der Waals surface area (Å²) in [6, 6.07) is 8.65. The molecule has 0 atom stereocenters. The molecule has 1 aliphatic heterocycles. The molecule has 0 unspecified atom stereocenters. The molecule has 1 saturated heterocycles. The van der Waals surface area contributed by atoms with Gasteiger partial charge in [0.2, 0.25) is 5.91 Å². The Kier molecular flexibility index (Phi) is 4.91. The smallest absolute Gasteiger partial charge is 0.220 e. The van der Waals surface area contributed by atoms with E-state index >= 15 is 0 Å². The van der Waals surface area contributed by atoms with Crippen molar-refractivity contribution in [3.05, 3.63) is 35.4 Å². The van der Waals surface area contributed by atoms with Gasteiger partial charge in [0, 0.05) is 13.0 Å². The zero-order chi connectivity index (χ0) is 14.5. The summed E-state index contributed by atoms with van der Waals surface area (Å²) in [7, 11) is 0. The molecule has 1 aromatic carbocycles. The monoisotopic (exact) mass is 286 g/mol. The third-order valence-electron chi connectivity index (χ3n) is 4.96. The van der Waals surface area contributed by atoms with Crippen molar-refractivity contribution in [3.8, 4) is 0 Å². The molecule has 0 saturated carbocycles. The van der Waals surface area contributed by atoms with Gasteiger partial charge in [-0.25, -0.2) is 0 Å². The van der Waals surface area contributed by atoms with Gasteiger partial charge in [-0.05, 0) is 68.2 Å². The Hall–Kier alpha value is -1.35. The molecule has 1 heterocycles. The van der Waals surface area contributed by atoms with Crippen LogP contribution in [0.5, 0.6) is 0 Å². The van der Waals surface area contributed by atoms with Gasteiger partial charge in [0.1, 0.15) is 0 Å². The van der Waals surface area contributed by atoms with Crippen LogP contribution in [0.15, 0.2) is 24.3 Å². The molecule has 1 amide bonds. The molecule has 3 rings (SSSR count). The number of carbonyl (C=O) groups excluding carboxylic acids is 1. The fourth-order valence-corrected chi connectivity index (χ4v) is 3.65. The van der Waals surface area contributed by atoms with E-state index in [2.05, 4.69) is 34.9 Å². The number of carbonyl (C=O) groups is 1. The zero-order valence-corrected chi connectivity index (χ0v) is 12.7. The van der Waals surface area contributed by atoms with Gasteiger partial charge in [-0.15, -0.1) is 0 Å². The quantitative estimate of drug-likeness (QED) is 0.872. The molecule has 2 aliphatic rings. The van der Waals surface area contributed by atoms with Gasteiger partial charge < -0.3 is 10.6 Å². The van der Waals surface area contributed by atoms with E-state index < -0.39 is 0 Å². The third kappa shape index (κ3) is 4.07. The van der Waals surface area contributed by atoms with Gasteiger partial charge in [0.25, 0.3) is 0 Å². The van der Waals surface area contributed by atoms with E-state index in [4.69, 9.17) is 0 Å². The maximum Gasteiger partial charge on any atom is 0.220 e. The SMILES string of the molecule is O=C(CCC1CCNCC1)NCC1Cc2ccccc2C1. The van der Waals surface area contributed by atoms with E-state index in [1.807, 2.05) is 0 Å². The molecule has 114 valence electrons. The molecule has 0 bridgehead atoms. The molecule has 21 heavy (non-hydrogen) atoms. The highest BCUT2D eigenvalue weighted by atomic mass is 16.1. The van der Waals surface area contributed by atoms with Crippen LogP contribution in [0.4, 0.5) is 0 Å². The van der Waals surface area contributed by atoms with E-state index in [-0.39, 0.29) is 5.91 Å². The Morgan fingerprint density at radius 1 is 1.10 bits per heavy atom. The lowest BCUT2D eigenvalue weighted by molar-refractivity contribution is -0.121. The van der Waals surface area contributed by atoms with Crippen molar-refractivity contribution >= 4 is 5.91 Å². The van der Waals surface area contributed by atoms with Crippen molar-refractivity contribution in [1.82, 2.24) is 10.6 Å². The van der Waals surface area contributed by atoms with Crippen molar-refractivity contribution in [2.75, 3.05) is 19.6 Å². The summed E-state index contributed by atoms with van der Waals surface area (Å²) < 4.78 is 0. The van der Waals surface area contributed by atoms with Crippen LogP contribution in [0.25, 0.3) is 0 Å². The molecule has 1 aliphatic carbocycles. The average Bonchev–Trinajstić information content (AvgIpc) is 2.95. The number of hydrogen-bond donors (Lipinski definition) is 2. The highest BCUT2D eigenvalue weighted by Crippen LogP contribution is 2.25. The van der Waals surface area contributed by atoms with Gasteiger partial charge in [-0.2, -0.15) is 0 Å². The van der Waals surface area contributed by atoms with Crippen LogP contribution in [0.1, 0.15) is 36.8 Å². The van der Waals surface area contributed by atoms with Crippen molar-refractivity contribution in [2.24, 2.45) is 11.8 Å². The molecule has 3 heteroatoms. The molecule has 0 spiro atoms. The normalized spacial score (nSPS) is 19.4. The fraction of sp³-hybridized carbons (Fsp3) is 0.611. The summed E-state index contributed by atoms with van der Waals surface area (Å²) in [4.78, 5) is 12.0. The van der Waals surface area contributed by atoms with Gasteiger partial charge in [-0.3, -0.25) is 4.79 Å². The first-order chi connectivity index (χ1) is 10.3. The summed E-state index contributed by atoms with van der Waals surface area (Å²) in [6.07, 6.45) is 6.44. The van der Waals surface area contributed by atoms with Crippen molar-refractivity contribution < 1.29 is 4.79 Å². The van der Waals surface area contributed by atoms with Crippen LogP contribution in [0.3, 0.4) is 0 Å². The Balaban J connectivity index is 1.35. The van der Waals surface area contributed by atoms with E-state index in [1.54, 1.807) is 0 Å². The minimum Gasteiger partial charge on any atom is -0.356 e. The predicted molar refractivity (Wildman–Crippen MR) is 85.2 cm³/mol. The molecule has 1 aromatic rings. The summed E-state index contributed by atoms with van der Waals surface area (Å²) in [6.45, 7) is 3.07. The Labute approximate surface area is 127 Å². The molecule has 3 nitrogen and oxygen atoms in total. The zero-order valence-electron chi connectivity index (χ0n) is 12.7. The number of hydrogen-bond acceptors (Lipinski definition) is 2. The van der Waals surface area contributed by atoms with Crippen LogP contribution in [0.2, 0.25) is 0 Å². The second-order valence-corrected chi connectivity index (χ2v) is 6.58. The fourth-order valence-electron chi connectivity index (χ4n) is 3.65. The lowest BCUT2D eigenvalue weighted by atomic mass is 9.93. The largest absolute Gasteiger partial charge is 0.356 e. The van der Waals surface area contributed by atoms with Gasteiger partial charge in [-0.1, -0.05) is 24.3 Å². The molecule has 1 fully saturated rings. The molecular formula is C18H26N2O. The second kappa shape index (κ2) is 7.08. The molecule has 0 radical (unpaired) electrons. The summed E-state index contributed by atoms with van der Waals surface area (Å²) in [5, 5.41) is 6.52. The number of amides is 1. The van der Waals surface area contributed by atoms with Crippen molar-refractivity contribution in [3.63, 3.8) is 0 Å². The minimum absolute atomic E-state index is 0.240. The second-order valence-electron chi connectivity index (χ2n) is 6.58. The third-order valence-corrected chi connectivity index (χ3v) is 4.96. The Morgan fingerprint density at radius 2 is 1.76 bits per heavy atom. The minimum atomic E-state index is 0.240. The van der Waals surface area contributed by atoms with E-state index in [9.17, 15) is 4.79 Å². The first kappa shape index (κ1) is 14.6. The van der Waals surface area contributed by atoms with E-state index in [1.165, 1.54) is 24.0 Å². The van der Waals surface area contributed by atoms with E-state index in [0.29, 0.717) is 12.3 Å². The number of nitrogens with one attached hydrogen (secondary N) is 2. The first-order valence-electron chi connectivity index (χ1n) is 8.35. The topological polar surface area (TPSA) is 41.1 Å². The standard InChI is InChI=1S/C18H26N2O/c21-18(6-5-14-7-9-19-10-8-14)20-13-15-11-16-3-1-2-4-17(16)12-15/h1-4,14-15,19H,5-13H2,(H,20,21). The highest BCUT2D eigenvalue weighted by Gasteiger charge is 2.21. The van der Waals surface area contributed by atoms with Crippen LogP contribution in [-0.2, 0) is 17.6 Å². The number of benzene rings is 1. The number of piperidine rings is 1. The maximum atomic E-state index is 12.0. The lowest BCUT2D eigenvalue weighted by Gasteiger charge is -2.22. The van der Waals surface area contributed by atoms with Crippen LogP contribution in [-0.4, -0.2) is 25.5 Å². The van der Waals surface area contributed by atoms with Crippen LogP contribution in [0, 0.1) is 11.8 Å². The van der Waals surface area contributed by atoms with E-state index in [0.717, 1.165) is 44.8 Å². The first-order valence-corrected chi connectivity index (χ1v) is 8.35. The van der Waals surface area contributed by atoms with Crippen LogP contribution < -0.4 is 10.6 Å². The Morgan fingerprint density at radius 3 is 2.43 bits per heavy atom. The molecule has 0 aromatic heterocycles. The number of fused-ring (bicyclic) bond motifs is 1. The Bertz CT molecular complexity index is 455. The molecule has 2 N–H and O–H groups in total. The predicted octanol–water partition coefficient (Wildman–Crippen LogP) is 2.30. The number of rotatable bonds is 5. The van der Waals surface area contributed by atoms with Gasteiger partial charge in [0.05, 0.1) is 0 Å². The van der Waals surface area contributed by atoms with Gasteiger partial charge in [0.15, 0.2) is 0 Å².